The molecule has 19 heavy (non-hydrogen) atoms. The number of anilines is 1. The number of aliphatic carboxylic acids is 1. The van der Waals surface area contributed by atoms with Gasteiger partial charge in [-0.1, -0.05) is 11.6 Å². The molecule has 2 N–H and O–H groups in total. The summed E-state index contributed by atoms with van der Waals surface area (Å²) in [4.78, 5) is 10.4. The van der Waals surface area contributed by atoms with Crippen molar-refractivity contribution in [1.29, 1.82) is 0 Å². The maximum atomic E-state index is 11.9. The summed E-state index contributed by atoms with van der Waals surface area (Å²) in [5.74, 6) is -0.678. The third-order valence-electron chi connectivity index (χ3n) is 2.54. The highest BCUT2D eigenvalue weighted by Crippen LogP contribution is 2.30. The van der Waals surface area contributed by atoms with Crippen LogP contribution in [0.25, 0.3) is 0 Å². The summed E-state index contributed by atoms with van der Waals surface area (Å²) in [6.07, 6.45) is 0.543. The molecular weight excluding hydrogens is 292 g/mol. The molecule has 0 bridgehead atoms. The largest absolute Gasteiger partial charge is 0.481 e. The van der Waals surface area contributed by atoms with Gasteiger partial charge in [0, 0.05) is 17.9 Å². The number of benzene rings is 1. The predicted octanol–water partition coefficient (Wildman–Crippen LogP) is 2.11. The molecule has 0 unspecified atom stereocenters. The zero-order valence-electron chi connectivity index (χ0n) is 9.76. The summed E-state index contributed by atoms with van der Waals surface area (Å²) < 4.78 is 27.5. The van der Waals surface area contributed by atoms with Crippen LogP contribution in [0.1, 0.15) is 19.3 Å². The van der Waals surface area contributed by atoms with Gasteiger partial charge in [0.2, 0.25) is 0 Å². The predicted molar refractivity (Wildman–Crippen MR) is 71.2 cm³/mol. The van der Waals surface area contributed by atoms with Gasteiger partial charge in [-0.05, 0) is 24.6 Å². The minimum atomic E-state index is -3.77. The molecule has 1 heterocycles. The monoisotopic (exact) mass is 302 g/mol. The molecule has 6 nitrogen and oxygen atoms in total. The van der Waals surface area contributed by atoms with E-state index in [0.717, 1.165) is 0 Å². The van der Waals surface area contributed by atoms with Crippen molar-refractivity contribution in [2.24, 2.45) is 4.40 Å². The molecule has 0 fully saturated rings. The van der Waals surface area contributed by atoms with E-state index in [1.54, 1.807) is 12.1 Å². The van der Waals surface area contributed by atoms with Crippen LogP contribution in [-0.4, -0.2) is 25.3 Å². The first kappa shape index (κ1) is 13.8. The number of hydrogen-bond acceptors (Lipinski definition) is 4. The molecule has 1 aromatic rings. The van der Waals surface area contributed by atoms with Gasteiger partial charge in [-0.2, -0.15) is 8.42 Å². The minimum absolute atomic E-state index is 0.0296. The first-order chi connectivity index (χ1) is 8.88. The number of carboxylic acid groups (broad SMARTS) is 1. The smallest absolute Gasteiger partial charge is 0.303 e. The van der Waals surface area contributed by atoms with Crippen molar-refractivity contribution in [3.05, 3.63) is 23.2 Å². The van der Waals surface area contributed by atoms with Crippen molar-refractivity contribution in [2.45, 2.75) is 24.2 Å². The molecule has 102 valence electrons. The van der Waals surface area contributed by atoms with Crippen molar-refractivity contribution in [2.75, 3.05) is 5.32 Å². The van der Waals surface area contributed by atoms with Crippen LogP contribution >= 0.6 is 11.6 Å². The zero-order valence-corrected chi connectivity index (χ0v) is 11.3. The molecule has 0 aliphatic carbocycles. The van der Waals surface area contributed by atoms with E-state index in [0.29, 0.717) is 17.1 Å². The van der Waals surface area contributed by atoms with E-state index < -0.39 is 16.0 Å². The van der Waals surface area contributed by atoms with Crippen molar-refractivity contribution < 1.29 is 18.3 Å². The molecule has 2 rings (SSSR count). The molecule has 0 saturated carbocycles. The molecule has 0 radical (unpaired) electrons. The average molecular weight is 303 g/mol. The summed E-state index contributed by atoms with van der Waals surface area (Å²) >= 11 is 5.75. The topological polar surface area (TPSA) is 95.8 Å². The molecule has 1 aliphatic rings. The maximum Gasteiger partial charge on any atom is 0.303 e. The summed E-state index contributed by atoms with van der Waals surface area (Å²) in [6, 6.07) is 4.46. The highest BCUT2D eigenvalue weighted by Gasteiger charge is 2.24. The lowest BCUT2D eigenvalue weighted by Gasteiger charge is -2.18. The molecule has 0 amide bonds. The standard InChI is InChI=1S/C11H11ClN2O4S/c12-7-4-5-8-9(6-7)19(17,18)14-10(13-8)2-1-3-11(15)16/h4-6H,1-3H2,(H,13,14)(H,15,16). The molecule has 0 spiro atoms. The van der Waals surface area contributed by atoms with Crippen LogP contribution in [0.15, 0.2) is 27.5 Å². The molecule has 0 aromatic heterocycles. The molecule has 1 aliphatic heterocycles. The van der Waals surface area contributed by atoms with Crippen LogP contribution in [0.3, 0.4) is 0 Å². The number of carboxylic acids is 1. The maximum absolute atomic E-state index is 11.9. The second kappa shape index (κ2) is 5.18. The second-order valence-electron chi connectivity index (χ2n) is 4.03. The molecule has 8 heteroatoms. The van der Waals surface area contributed by atoms with Crippen LogP contribution < -0.4 is 5.32 Å². The normalized spacial score (nSPS) is 16.2. The Balaban J connectivity index is 2.22. The molecule has 1 aromatic carbocycles. The molecular formula is C11H11ClN2O4S. The summed E-state index contributed by atoms with van der Waals surface area (Å²) in [6.45, 7) is 0. The Labute approximate surface area is 115 Å². The van der Waals surface area contributed by atoms with Crippen LogP contribution in [0.2, 0.25) is 5.02 Å². The number of sulfonamides is 1. The number of fused-ring (bicyclic) bond motifs is 1. The lowest BCUT2D eigenvalue weighted by molar-refractivity contribution is -0.137. The highest BCUT2D eigenvalue weighted by molar-refractivity contribution is 7.90. The van der Waals surface area contributed by atoms with Gasteiger partial charge >= 0.3 is 5.97 Å². The molecule has 0 saturated heterocycles. The van der Waals surface area contributed by atoms with Crippen molar-refractivity contribution in [3.8, 4) is 0 Å². The van der Waals surface area contributed by atoms with E-state index in [9.17, 15) is 13.2 Å². The quantitative estimate of drug-likeness (QED) is 0.888. The first-order valence-electron chi connectivity index (χ1n) is 5.51. The van der Waals surface area contributed by atoms with E-state index in [1.165, 1.54) is 6.07 Å². The third kappa shape index (κ3) is 3.24. The number of hydrogen-bond donors (Lipinski definition) is 2. The van der Waals surface area contributed by atoms with Crippen molar-refractivity contribution >= 4 is 39.1 Å². The Morgan fingerprint density at radius 3 is 2.84 bits per heavy atom. The van der Waals surface area contributed by atoms with E-state index in [1.807, 2.05) is 0 Å². The Bertz CT molecular complexity index is 655. The number of rotatable bonds is 4. The van der Waals surface area contributed by atoms with Crippen LogP contribution in [0.4, 0.5) is 5.69 Å². The van der Waals surface area contributed by atoms with E-state index in [-0.39, 0.29) is 23.6 Å². The van der Waals surface area contributed by atoms with Gasteiger partial charge in [0.25, 0.3) is 10.0 Å². The third-order valence-corrected chi connectivity index (χ3v) is 4.12. The fourth-order valence-electron chi connectivity index (χ4n) is 1.70. The Hall–Kier alpha value is -1.60. The van der Waals surface area contributed by atoms with Gasteiger partial charge in [-0.3, -0.25) is 4.79 Å². The van der Waals surface area contributed by atoms with Gasteiger partial charge in [0.15, 0.2) is 0 Å². The Kier molecular flexibility index (Phi) is 3.77. The summed E-state index contributed by atoms with van der Waals surface area (Å²) in [5, 5.41) is 11.7. The van der Waals surface area contributed by atoms with Gasteiger partial charge in [0.1, 0.15) is 10.7 Å². The number of nitrogens with one attached hydrogen (secondary N) is 1. The van der Waals surface area contributed by atoms with Crippen LogP contribution in [-0.2, 0) is 14.8 Å². The summed E-state index contributed by atoms with van der Waals surface area (Å²) in [7, 11) is -3.77. The average Bonchev–Trinajstić information content (AvgIpc) is 2.29. The number of amidine groups is 1. The zero-order chi connectivity index (χ0) is 14.0. The van der Waals surface area contributed by atoms with Crippen molar-refractivity contribution in [3.63, 3.8) is 0 Å². The van der Waals surface area contributed by atoms with E-state index >= 15 is 0 Å². The van der Waals surface area contributed by atoms with Gasteiger partial charge in [-0.15, -0.1) is 4.40 Å². The summed E-state index contributed by atoms with van der Waals surface area (Å²) in [5.41, 5.74) is 0.407. The van der Waals surface area contributed by atoms with E-state index in [4.69, 9.17) is 16.7 Å². The number of carbonyl (C=O) groups is 1. The highest BCUT2D eigenvalue weighted by atomic mass is 35.5. The fourth-order valence-corrected chi connectivity index (χ4v) is 3.14. The first-order valence-corrected chi connectivity index (χ1v) is 7.32. The van der Waals surface area contributed by atoms with Crippen LogP contribution in [0.5, 0.6) is 0 Å². The Morgan fingerprint density at radius 2 is 2.16 bits per heavy atom. The van der Waals surface area contributed by atoms with Crippen LogP contribution in [0, 0.1) is 0 Å². The number of halogens is 1. The number of nitrogens with zero attached hydrogens (tertiary/aromatic N) is 1. The van der Waals surface area contributed by atoms with E-state index in [2.05, 4.69) is 9.71 Å². The van der Waals surface area contributed by atoms with Gasteiger partial charge in [-0.25, -0.2) is 0 Å². The van der Waals surface area contributed by atoms with Gasteiger partial charge in [0.05, 0.1) is 5.69 Å². The van der Waals surface area contributed by atoms with Crippen molar-refractivity contribution in [1.82, 2.24) is 0 Å². The Morgan fingerprint density at radius 1 is 1.42 bits per heavy atom. The second-order valence-corrected chi connectivity index (χ2v) is 6.03. The fraction of sp³-hybridized carbons (Fsp3) is 0.273. The van der Waals surface area contributed by atoms with Gasteiger partial charge < -0.3 is 10.4 Å². The lowest BCUT2D eigenvalue weighted by atomic mass is 10.2. The minimum Gasteiger partial charge on any atom is -0.481 e. The lowest BCUT2D eigenvalue weighted by Crippen LogP contribution is -2.21. The SMILES string of the molecule is O=C(O)CCCC1=NS(=O)(=O)c2cc(Cl)ccc2N1. The molecule has 0 atom stereocenters.